The number of hydrogen-bond acceptors (Lipinski definition) is 3. The molecule has 0 radical (unpaired) electrons. The van der Waals surface area contributed by atoms with Gasteiger partial charge in [-0.15, -0.1) is 10.2 Å². The molecule has 1 N–H and O–H groups in total. The Morgan fingerprint density at radius 1 is 1.24 bits per heavy atom. The Bertz CT molecular complexity index is 812. The van der Waals surface area contributed by atoms with Crippen LogP contribution in [0.3, 0.4) is 0 Å². The number of amides is 1. The molecule has 0 saturated heterocycles. The van der Waals surface area contributed by atoms with Crippen molar-refractivity contribution in [2.75, 3.05) is 0 Å². The van der Waals surface area contributed by atoms with E-state index in [1.807, 2.05) is 6.07 Å². The number of hydrogen-bond donors (Lipinski definition) is 1. The van der Waals surface area contributed by atoms with Crippen LogP contribution in [0.25, 0.3) is 0 Å². The number of fused-ring (bicyclic) bond motifs is 1. The number of carbonyl (C=O) groups is 1. The molecule has 0 spiro atoms. The summed E-state index contributed by atoms with van der Waals surface area (Å²) >= 11 is 0. The van der Waals surface area contributed by atoms with E-state index in [-0.39, 0.29) is 11.9 Å². The molecule has 2 aromatic rings. The summed E-state index contributed by atoms with van der Waals surface area (Å²) in [6.07, 6.45) is 4.25. The summed E-state index contributed by atoms with van der Waals surface area (Å²) in [7, 11) is 0. The van der Waals surface area contributed by atoms with Gasteiger partial charge in [-0.2, -0.15) is 0 Å². The zero-order chi connectivity index (χ0) is 17.7. The number of rotatable bonds is 4. The molecule has 3 heterocycles. The minimum absolute atomic E-state index is 0.0487. The molecule has 2 aromatic heterocycles. The lowest BCUT2D eigenvalue weighted by Crippen LogP contribution is -2.41. The first-order valence-corrected chi connectivity index (χ1v) is 9.37. The van der Waals surface area contributed by atoms with Crippen molar-refractivity contribution in [1.82, 2.24) is 24.6 Å². The number of aromatic nitrogens is 4. The maximum atomic E-state index is 12.8. The van der Waals surface area contributed by atoms with Gasteiger partial charge in [-0.25, -0.2) is 0 Å². The second kappa shape index (κ2) is 6.00. The lowest BCUT2D eigenvalue weighted by molar-refractivity contribution is 0.0926. The summed E-state index contributed by atoms with van der Waals surface area (Å²) in [5, 5.41) is 11.9. The molecule has 1 aliphatic carbocycles. The predicted octanol–water partition coefficient (Wildman–Crippen LogP) is 2.90. The Hall–Kier alpha value is -2.11. The van der Waals surface area contributed by atoms with E-state index in [1.165, 1.54) is 18.5 Å². The predicted molar refractivity (Wildman–Crippen MR) is 95.9 cm³/mol. The average Bonchev–Trinajstić information content (AvgIpc) is 3.22. The molecule has 25 heavy (non-hydrogen) atoms. The van der Waals surface area contributed by atoms with E-state index >= 15 is 0 Å². The maximum absolute atomic E-state index is 12.8. The Balaban J connectivity index is 1.50. The van der Waals surface area contributed by atoms with Gasteiger partial charge >= 0.3 is 0 Å². The first kappa shape index (κ1) is 16.4. The van der Waals surface area contributed by atoms with Gasteiger partial charge in [0.05, 0.1) is 5.56 Å². The van der Waals surface area contributed by atoms with Crippen molar-refractivity contribution in [3.8, 4) is 0 Å². The molecule has 1 aliphatic heterocycles. The van der Waals surface area contributed by atoms with Crippen LogP contribution in [0.1, 0.15) is 78.5 Å². The molecule has 1 fully saturated rings. The van der Waals surface area contributed by atoms with Crippen molar-refractivity contribution >= 4 is 5.91 Å². The highest BCUT2D eigenvalue weighted by atomic mass is 16.1. The minimum Gasteiger partial charge on any atom is -0.347 e. The topological polar surface area (TPSA) is 64.7 Å². The zero-order valence-corrected chi connectivity index (χ0v) is 15.5. The molecule has 1 amide bonds. The van der Waals surface area contributed by atoms with Gasteiger partial charge in [-0.1, -0.05) is 13.8 Å². The number of nitrogens with one attached hydrogen (secondary N) is 1. The lowest BCUT2D eigenvalue weighted by Gasteiger charge is -2.26. The third-order valence-corrected chi connectivity index (χ3v) is 5.47. The second-order valence-corrected chi connectivity index (χ2v) is 7.83. The summed E-state index contributed by atoms with van der Waals surface area (Å²) < 4.78 is 4.51. The first-order chi connectivity index (χ1) is 12.0. The molecule has 1 atom stereocenters. The van der Waals surface area contributed by atoms with Crippen LogP contribution in [0.15, 0.2) is 6.07 Å². The van der Waals surface area contributed by atoms with E-state index in [0.717, 1.165) is 42.3 Å². The molecule has 2 aliphatic rings. The molecule has 134 valence electrons. The second-order valence-electron chi connectivity index (χ2n) is 7.83. The molecule has 1 saturated carbocycles. The highest BCUT2D eigenvalue weighted by molar-refractivity contribution is 5.96. The Kier molecular flexibility index (Phi) is 3.93. The highest BCUT2D eigenvalue weighted by Gasteiger charge is 2.30. The molecule has 1 unspecified atom stereocenters. The fourth-order valence-corrected chi connectivity index (χ4v) is 4.06. The Labute approximate surface area is 148 Å². The third-order valence-electron chi connectivity index (χ3n) is 5.47. The van der Waals surface area contributed by atoms with Crippen LogP contribution in [0.4, 0.5) is 0 Å². The smallest absolute Gasteiger partial charge is 0.253 e. The van der Waals surface area contributed by atoms with E-state index in [9.17, 15) is 4.79 Å². The van der Waals surface area contributed by atoms with Gasteiger partial charge in [-0.05, 0) is 39.2 Å². The largest absolute Gasteiger partial charge is 0.347 e. The summed E-state index contributed by atoms with van der Waals surface area (Å²) in [4.78, 5) is 12.8. The van der Waals surface area contributed by atoms with Gasteiger partial charge in [0, 0.05) is 42.4 Å². The lowest BCUT2D eigenvalue weighted by atomic mass is 10.1. The van der Waals surface area contributed by atoms with E-state index in [1.54, 1.807) is 0 Å². The number of carbonyl (C=O) groups excluding carboxylic acids is 1. The maximum Gasteiger partial charge on any atom is 0.253 e. The van der Waals surface area contributed by atoms with Gasteiger partial charge in [0.25, 0.3) is 5.91 Å². The molecule has 0 aromatic carbocycles. The standard InChI is InChI=1S/C19H27N5O/c1-11(2)18-22-21-17-8-5-14(10-23(17)18)20-19(25)16-9-12(3)24(13(16)4)15-6-7-15/h9,11,14-15H,5-8,10H2,1-4H3,(H,20,25). The van der Waals surface area contributed by atoms with Crippen LogP contribution >= 0.6 is 0 Å². The minimum atomic E-state index is 0.0487. The number of nitrogens with zero attached hydrogens (tertiary/aromatic N) is 4. The van der Waals surface area contributed by atoms with Crippen molar-refractivity contribution in [3.63, 3.8) is 0 Å². The SMILES string of the molecule is Cc1cc(C(=O)NC2CCc3nnc(C(C)C)n3C2)c(C)n1C1CC1. The molecule has 0 bridgehead atoms. The van der Waals surface area contributed by atoms with Crippen LogP contribution in [-0.2, 0) is 13.0 Å². The van der Waals surface area contributed by atoms with Crippen LogP contribution < -0.4 is 5.32 Å². The zero-order valence-electron chi connectivity index (χ0n) is 15.5. The highest BCUT2D eigenvalue weighted by Crippen LogP contribution is 2.38. The molecular formula is C19H27N5O. The van der Waals surface area contributed by atoms with E-state index < -0.39 is 0 Å². The monoisotopic (exact) mass is 341 g/mol. The average molecular weight is 341 g/mol. The van der Waals surface area contributed by atoms with Gasteiger partial charge in [0.2, 0.25) is 0 Å². The van der Waals surface area contributed by atoms with Gasteiger partial charge in [0.1, 0.15) is 11.6 Å². The quantitative estimate of drug-likeness (QED) is 0.930. The van der Waals surface area contributed by atoms with E-state index in [2.05, 4.69) is 52.3 Å². The van der Waals surface area contributed by atoms with Crippen molar-refractivity contribution < 1.29 is 4.79 Å². The van der Waals surface area contributed by atoms with Gasteiger partial charge in [0.15, 0.2) is 0 Å². The van der Waals surface area contributed by atoms with E-state index in [4.69, 9.17) is 0 Å². The van der Waals surface area contributed by atoms with Crippen LogP contribution in [0.2, 0.25) is 0 Å². The molecular weight excluding hydrogens is 314 g/mol. The Morgan fingerprint density at radius 2 is 2.00 bits per heavy atom. The van der Waals surface area contributed by atoms with Crippen LogP contribution in [0.5, 0.6) is 0 Å². The van der Waals surface area contributed by atoms with Crippen LogP contribution in [0, 0.1) is 13.8 Å². The van der Waals surface area contributed by atoms with Crippen molar-refractivity contribution in [2.24, 2.45) is 0 Å². The fourth-order valence-electron chi connectivity index (χ4n) is 4.06. The third kappa shape index (κ3) is 2.87. The van der Waals surface area contributed by atoms with Crippen molar-refractivity contribution in [3.05, 3.63) is 34.7 Å². The van der Waals surface area contributed by atoms with Crippen molar-refractivity contribution in [1.29, 1.82) is 0 Å². The number of aryl methyl sites for hydroxylation is 2. The van der Waals surface area contributed by atoms with E-state index in [0.29, 0.717) is 12.0 Å². The first-order valence-electron chi connectivity index (χ1n) is 9.37. The molecule has 6 heteroatoms. The summed E-state index contributed by atoms with van der Waals surface area (Å²) in [6, 6.07) is 2.78. The van der Waals surface area contributed by atoms with Gasteiger partial charge < -0.3 is 14.5 Å². The van der Waals surface area contributed by atoms with Crippen molar-refractivity contribution in [2.45, 2.75) is 77.9 Å². The normalized spacial score (nSPS) is 20.0. The summed E-state index contributed by atoms with van der Waals surface area (Å²) in [5.41, 5.74) is 3.11. The Morgan fingerprint density at radius 3 is 2.68 bits per heavy atom. The molecule has 6 nitrogen and oxygen atoms in total. The summed E-state index contributed by atoms with van der Waals surface area (Å²) in [6.45, 7) is 9.19. The molecule has 4 rings (SSSR count). The summed E-state index contributed by atoms with van der Waals surface area (Å²) in [5.74, 6) is 2.45. The fraction of sp³-hybridized carbons (Fsp3) is 0.632. The van der Waals surface area contributed by atoms with Gasteiger partial charge in [-0.3, -0.25) is 4.79 Å². The van der Waals surface area contributed by atoms with Crippen LogP contribution in [-0.4, -0.2) is 31.3 Å².